The SMILES string of the molecule is CC(C)[C@@H](CO)NCC(O)COCc1ccc(Cl)cc1. The van der Waals surface area contributed by atoms with Crippen LogP contribution in [-0.4, -0.2) is 42.1 Å². The molecule has 0 aliphatic carbocycles. The molecular weight excluding hydrogens is 278 g/mol. The number of aliphatic hydroxyl groups is 2. The van der Waals surface area contributed by atoms with Crippen molar-refractivity contribution in [2.75, 3.05) is 19.8 Å². The van der Waals surface area contributed by atoms with E-state index in [9.17, 15) is 10.2 Å². The van der Waals surface area contributed by atoms with Crippen LogP contribution >= 0.6 is 11.6 Å². The Morgan fingerprint density at radius 1 is 1.25 bits per heavy atom. The topological polar surface area (TPSA) is 61.7 Å². The molecule has 1 aromatic carbocycles. The van der Waals surface area contributed by atoms with Gasteiger partial charge in [-0.05, 0) is 23.6 Å². The second kappa shape index (κ2) is 9.32. The number of hydrogen-bond donors (Lipinski definition) is 3. The Kier molecular flexibility index (Phi) is 8.11. The zero-order valence-corrected chi connectivity index (χ0v) is 12.8. The second-order valence-corrected chi connectivity index (χ2v) is 5.67. The molecule has 1 rings (SSSR count). The van der Waals surface area contributed by atoms with Crippen molar-refractivity contribution in [2.24, 2.45) is 5.92 Å². The van der Waals surface area contributed by atoms with Crippen molar-refractivity contribution in [3.05, 3.63) is 34.9 Å². The quantitative estimate of drug-likeness (QED) is 0.651. The molecule has 0 aliphatic rings. The zero-order chi connectivity index (χ0) is 15.0. The van der Waals surface area contributed by atoms with Gasteiger partial charge in [-0.3, -0.25) is 0 Å². The molecule has 114 valence electrons. The lowest BCUT2D eigenvalue weighted by Crippen LogP contribution is -2.42. The standard InChI is InChI=1S/C15H24ClNO3/c1-11(2)15(8-18)17-7-14(19)10-20-9-12-3-5-13(16)6-4-12/h3-6,11,14-15,17-19H,7-10H2,1-2H3/t14?,15-/m1/s1. The molecule has 0 bridgehead atoms. The van der Waals surface area contributed by atoms with Gasteiger partial charge in [0.2, 0.25) is 0 Å². The Balaban J connectivity index is 2.19. The summed E-state index contributed by atoms with van der Waals surface area (Å²) in [6.45, 7) is 5.22. The minimum Gasteiger partial charge on any atom is -0.395 e. The average Bonchev–Trinajstić information content (AvgIpc) is 2.41. The number of hydrogen-bond acceptors (Lipinski definition) is 4. The molecule has 0 aliphatic heterocycles. The molecule has 0 spiro atoms. The minimum absolute atomic E-state index is 0.000847. The number of benzene rings is 1. The van der Waals surface area contributed by atoms with Gasteiger partial charge >= 0.3 is 0 Å². The van der Waals surface area contributed by atoms with Crippen LogP contribution in [-0.2, 0) is 11.3 Å². The van der Waals surface area contributed by atoms with Crippen LogP contribution < -0.4 is 5.32 Å². The van der Waals surface area contributed by atoms with Gasteiger partial charge in [-0.1, -0.05) is 37.6 Å². The van der Waals surface area contributed by atoms with Gasteiger partial charge in [0.15, 0.2) is 0 Å². The van der Waals surface area contributed by atoms with E-state index in [1.807, 2.05) is 38.1 Å². The summed E-state index contributed by atoms with van der Waals surface area (Å²) in [5.41, 5.74) is 1.02. The van der Waals surface area contributed by atoms with Gasteiger partial charge in [0.25, 0.3) is 0 Å². The maximum absolute atomic E-state index is 9.81. The predicted octanol–water partition coefficient (Wildman–Crippen LogP) is 1.82. The van der Waals surface area contributed by atoms with E-state index < -0.39 is 6.10 Å². The fourth-order valence-electron chi connectivity index (χ4n) is 1.75. The van der Waals surface area contributed by atoms with Crippen molar-refractivity contribution in [2.45, 2.75) is 32.6 Å². The monoisotopic (exact) mass is 301 g/mol. The molecule has 0 aromatic heterocycles. The van der Waals surface area contributed by atoms with Crippen molar-refractivity contribution in [3.8, 4) is 0 Å². The highest BCUT2D eigenvalue weighted by Crippen LogP contribution is 2.10. The first kappa shape index (κ1) is 17.4. The van der Waals surface area contributed by atoms with E-state index in [1.165, 1.54) is 0 Å². The third-order valence-electron chi connectivity index (χ3n) is 3.11. The summed E-state index contributed by atoms with van der Waals surface area (Å²) in [6, 6.07) is 7.42. The van der Waals surface area contributed by atoms with Crippen LogP contribution in [0.25, 0.3) is 0 Å². The zero-order valence-electron chi connectivity index (χ0n) is 12.1. The van der Waals surface area contributed by atoms with Crippen molar-refractivity contribution in [1.82, 2.24) is 5.32 Å². The molecule has 0 saturated carbocycles. The van der Waals surface area contributed by atoms with Crippen molar-refractivity contribution >= 4 is 11.6 Å². The Hall–Kier alpha value is -0.650. The van der Waals surface area contributed by atoms with Crippen molar-refractivity contribution in [3.63, 3.8) is 0 Å². The molecule has 2 atom stereocenters. The molecule has 1 unspecified atom stereocenters. The summed E-state index contributed by atoms with van der Waals surface area (Å²) in [4.78, 5) is 0. The lowest BCUT2D eigenvalue weighted by Gasteiger charge is -2.21. The fourth-order valence-corrected chi connectivity index (χ4v) is 1.88. The molecular formula is C15H24ClNO3. The average molecular weight is 302 g/mol. The lowest BCUT2D eigenvalue weighted by atomic mass is 10.1. The van der Waals surface area contributed by atoms with Gasteiger partial charge in [-0.15, -0.1) is 0 Å². The second-order valence-electron chi connectivity index (χ2n) is 5.24. The van der Waals surface area contributed by atoms with E-state index in [4.69, 9.17) is 16.3 Å². The summed E-state index contributed by atoms with van der Waals surface area (Å²) in [5, 5.41) is 22.8. The maximum atomic E-state index is 9.81. The smallest absolute Gasteiger partial charge is 0.0897 e. The molecule has 0 amide bonds. The van der Waals surface area contributed by atoms with Gasteiger partial charge in [-0.25, -0.2) is 0 Å². The lowest BCUT2D eigenvalue weighted by molar-refractivity contribution is 0.0255. The molecule has 0 saturated heterocycles. The minimum atomic E-state index is -0.588. The van der Waals surface area contributed by atoms with E-state index in [2.05, 4.69) is 5.32 Å². The predicted molar refractivity (Wildman–Crippen MR) is 80.8 cm³/mol. The summed E-state index contributed by atoms with van der Waals surface area (Å²) >= 11 is 5.80. The summed E-state index contributed by atoms with van der Waals surface area (Å²) in [7, 11) is 0. The fraction of sp³-hybridized carbons (Fsp3) is 0.600. The number of rotatable bonds is 9. The number of nitrogens with one attached hydrogen (secondary N) is 1. The van der Waals surface area contributed by atoms with E-state index >= 15 is 0 Å². The van der Waals surface area contributed by atoms with Crippen molar-refractivity contribution < 1.29 is 14.9 Å². The first-order chi connectivity index (χ1) is 9.52. The molecule has 0 heterocycles. The van der Waals surface area contributed by atoms with Crippen LogP contribution in [0.4, 0.5) is 0 Å². The molecule has 4 nitrogen and oxygen atoms in total. The molecule has 0 radical (unpaired) electrons. The van der Waals surface area contributed by atoms with Crippen LogP contribution in [0.1, 0.15) is 19.4 Å². The Labute approximate surface area is 125 Å². The van der Waals surface area contributed by atoms with Crippen molar-refractivity contribution in [1.29, 1.82) is 0 Å². The number of aliphatic hydroxyl groups excluding tert-OH is 2. The van der Waals surface area contributed by atoms with E-state index in [-0.39, 0.29) is 19.3 Å². The Bertz CT molecular complexity index is 370. The van der Waals surface area contributed by atoms with E-state index in [1.54, 1.807) is 0 Å². The van der Waals surface area contributed by atoms with Crippen LogP contribution in [0.5, 0.6) is 0 Å². The molecule has 0 fully saturated rings. The third-order valence-corrected chi connectivity index (χ3v) is 3.36. The normalized spacial score (nSPS) is 14.5. The summed E-state index contributed by atoms with van der Waals surface area (Å²) < 4.78 is 5.45. The van der Waals surface area contributed by atoms with Crippen LogP contribution in [0, 0.1) is 5.92 Å². The van der Waals surface area contributed by atoms with E-state index in [0.29, 0.717) is 24.1 Å². The largest absolute Gasteiger partial charge is 0.395 e. The van der Waals surface area contributed by atoms with Gasteiger partial charge in [0, 0.05) is 17.6 Å². The van der Waals surface area contributed by atoms with E-state index in [0.717, 1.165) is 5.56 Å². The first-order valence-corrected chi connectivity index (χ1v) is 7.25. The Morgan fingerprint density at radius 3 is 2.45 bits per heavy atom. The van der Waals surface area contributed by atoms with Gasteiger partial charge in [0.1, 0.15) is 0 Å². The molecule has 3 N–H and O–H groups in total. The van der Waals surface area contributed by atoms with Crippen LogP contribution in [0.15, 0.2) is 24.3 Å². The summed E-state index contributed by atoms with van der Waals surface area (Å²) in [5.74, 6) is 0.321. The Morgan fingerprint density at radius 2 is 1.90 bits per heavy atom. The molecule has 1 aromatic rings. The summed E-state index contributed by atoms with van der Waals surface area (Å²) in [6.07, 6.45) is -0.588. The third kappa shape index (κ3) is 6.68. The highest BCUT2D eigenvalue weighted by atomic mass is 35.5. The highest BCUT2D eigenvalue weighted by Gasteiger charge is 2.13. The first-order valence-electron chi connectivity index (χ1n) is 6.87. The number of ether oxygens (including phenoxy) is 1. The van der Waals surface area contributed by atoms with Crippen LogP contribution in [0.2, 0.25) is 5.02 Å². The maximum Gasteiger partial charge on any atom is 0.0897 e. The van der Waals surface area contributed by atoms with Gasteiger partial charge in [-0.2, -0.15) is 0 Å². The molecule has 5 heteroatoms. The number of halogens is 1. The van der Waals surface area contributed by atoms with Crippen LogP contribution in [0.3, 0.4) is 0 Å². The highest BCUT2D eigenvalue weighted by molar-refractivity contribution is 6.30. The van der Waals surface area contributed by atoms with Gasteiger partial charge in [0.05, 0.1) is 25.9 Å². The van der Waals surface area contributed by atoms with Gasteiger partial charge < -0.3 is 20.3 Å². The molecule has 20 heavy (non-hydrogen) atoms.